The lowest BCUT2D eigenvalue weighted by molar-refractivity contribution is -0.0459. The zero-order valence-corrected chi connectivity index (χ0v) is 15.4. The zero-order chi connectivity index (χ0) is 20.3. The average molecular weight is 389 g/mol. The Morgan fingerprint density at radius 1 is 1.32 bits per heavy atom. The summed E-state index contributed by atoms with van der Waals surface area (Å²) in [5.41, 5.74) is -0.700. The predicted octanol–water partition coefficient (Wildman–Crippen LogP) is -0.113. The monoisotopic (exact) mass is 389 g/mol. The number of nitrogens with zero attached hydrogens (tertiary/aromatic N) is 2. The Hall–Kier alpha value is -2.75. The van der Waals surface area contributed by atoms with Crippen LogP contribution in [0.2, 0.25) is 0 Å². The molecule has 3 N–H and O–H groups in total. The van der Waals surface area contributed by atoms with Gasteiger partial charge in [0.25, 0.3) is 5.56 Å². The number of anilines is 1. The van der Waals surface area contributed by atoms with Crippen molar-refractivity contribution in [1.29, 1.82) is 0 Å². The molecule has 1 aromatic heterocycles. The Kier molecular flexibility index (Phi) is 6.08. The maximum atomic E-state index is 12.6. The number of benzene rings is 1. The third kappa shape index (κ3) is 4.22. The minimum absolute atomic E-state index is 0.0710. The molecule has 1 aliphatic heterocycles. The summed E-state index contributed by atoms with van der Waals surface area (Å²) in [7, 11) is 1.84. The van der Waals surface area contributed by atoms with Crippen LogP contribution in [-0.2, 0) is 4.74 Å². The fourth-order valence-electron chi connectivity index (χ4n) is 3.16. The predicted molar refractivity (Wildman–Crippen MR) is 102 cm³/mol. The van der Waals surface area contributed by atoms with Crippen molar-refractivity contribution in [2.75, 3.05) is 25.1 Å². The maximum absolute atomic E-state index is 12.6. The van der Waals surface area contributed by atoms with E-state index in [-0.39, 0.29) is 18.4 Å². The number of ether oxygens (including phenoxy) is 1. The number of hydrogen-bond donors (Lipinski definition) is 3. The Bertz CT molecular complexity index is 939. The molecule has 9 heteroatoms. The quantitative estimate of drug-likeness (QED) is 0.564. The molecule has 1 aromatic carbocycles. The third-order valence-electron chi connectivity index (χ3n) is 4.83. The molecule has 1 saturated heterocycles. The molecule has 3 rings (SSSR count). The molecule has 0 bridgehead atoms. The second-order valence-corrected chi connectivity index (χ2v) is 6.75. The minimum Gasteiger partial charge on any atom is -0.394 e. The van der Waals surface area contributed by atoms with Crippen LogP contribution in [0.1, 0.15) is 29.4 Å². The van der Waals surface area contributed by atoms with Crippen LogP contribution in [0.5, 0.6) is 0 Å². The van der Waals surface area contributed by atoms with Gasteiger partial charge in [0.2, 0.25) is 0 Å². The molecule has 3 atom stereocenters. The lowest BCUT2D eigenvalue weighted by Crippen LogP contribution is -2.36. The van der Waals surface area contributed by atoms with E-state index in [2.05, 4.69) is 4.98 Å². The van der Waals surface area contributed by atoms with Gasteiger partial charge in [0, 0.05) is 38.3 Å². The van der Waals surface area contributed by atoms with Gasteiger partial charge in [-0.3, -0.25) is 19.1 Å². The van der Waals surface area contributed by atoms with Crippen LogP contribution in [-0.4, -0.2) is 58.0 Å². The largest absolute Gasteiger partial charge is 0.394 e. The summed E-state index contributed by atoms with van der Waals surface area (Å²) in [6.07, 6.45) is -1.30. The average Bonchev–Trinajstić information content (AvgIpc) is 3.07. The Morgan fingerprint density at radius 3 is 2.68 bits per heavy atom. The van der Waals surface area contributed by atoms with Crippen LogP contribution < -0.4 is 16.1 Å². The van der Waals surface area contributed by atoms with Crippen molar-refractivity contribution < 1.29 is 19.7 Å². The second kappa shape index (κ2) is 8.51. The van der Waals surface area contributed by atoms with Gasteiger partial charge in [0.15, 0.2) is 5.78 Å². The highest BCUT2D eigenvalue weighted by molar-refractivity contribution is 5.95. The number of H-pyrrole nitrogens is 1. The summed E-state index contributed by atoms with van der Waals surface area (Å²) in [5, 5.41) is 19.0. The molecule has 0 aliphatic carbocycles. The summed E-state index contributed by atoms with van der Waals surface area (Å²) in [6, 6.07) is 9.51. The summed E-state index contributed by atoms with van der Waals surface area (Å²) < 4.78 is 6.52. The van der Waals surface area contributed by atoms with Crippen molar-refractivity contribution in [3.63, 3.8) is 0 Å². The molecule has 2 aromatic rings. The van der Waals surface area contributed by atoms with Gasteiger partial charge in [0.1, 0.15) is 12.3 Å². The second-order valence-electron chi connectivity index (χ2n) is 6.75. The number of Topliss-reactive ketones (excluding diaryl/α,β-unsaturated/α-hetero) is 1. The van der Waals surface area contributed by atoms with E-state index >= 15 is 0 Å². The van der Waals surface area contributed by atoms with Crippen molar-refractivity contribution >= 4 is 11.5 Å². The van der Waals surface area contributed by atoms with Crippen LogP contribution in [0.3, 0.4) is 0 Å². The molecule has 1 aliphatic rings. The van der Waals surface area contributed by atoms with Gasteiger partial charge >= 0.3 is 5.69 Å². The van der Waals surface area contributed by atoms with E-state index < -0.39 is 42.1 Å². The molecular weight excluding hydrogens is 366 g/mol. The van der Waals surface area contributed by atoms with E-state index in [1.807, 2.05) is 42.3 Å². The smallest absolute Gasteiger partial charge is 0.330 e. The van der Waals surface area contributed by atoms with Crippen molar-refractivity contribution in [3.8, 4) is 0 Å². The SMILES string of the molecule is CN(CCC(=O)c1cn([C@H]2C[C@H](O)[C@@H](CO)O2)c(=O)[nH]c1=O)c1ccccc1. The summed E-state index contributed by atoms with van der Waals surface area (Å²) in [5.74, 6) is -0.407. The molecule has 0 radical (unpaired) electrons. The van der Waals surface area contributed by atoms with Gasteiger partial charge in [-0.05, 0) is 12.1 Å². The highest BCUT2D eigenvalue weighted by Crippen LogP contribution is 2.27. The number of hydrogen-bond acceptors (Lipinski definition) is 7. The van der Waals surface area contributed by atoms with Crippen LogP contribution in [0.4, 0.5) is 5.69 Å². The number of aliphatic hydroxyl groups excluding tert-OH is 2. The topological polar surface area (TPSA) is 125 Å². The first kappa shape index (κ1) is 20.0. The van der Waals surface area contributed by atoms with Crippen LogP contribution in [0.25, 0.3) is 0 Å². The van der Waals surface area contributed by atoms with E-state index in [0.717, 1.165) is 10.3 Å². The Balaban J connectivity index is 1.75. The first-order valence-corrected chi connectivity index (χ1v) is 9.00. The fraction of sp³-hybridized carbons (Fsp3) is 0.421. The Labute approximate surface area is 160 Å². The van der Waals surface area contributed by atoms with E-state index in [1.165, 1.54) is 6.20 Å². The highest BCUT2D eigenvalue weighted by atomic mass is 16.5. The Morgan fingerprint density at radius 2 is 2.04 bits per heavy atom. The number of aliphatic hydroxyl groups is 2. The summed E-state index contributed by atoms with van der Waals surface area (Å²) in [4.78, 5) is 40.8. The molecule has 9 nitrogen and oxygen atoms in total. The first-order chi connectivity index (χ1) is 13.4. The molecule has 2 heterocycles. The van der Waals surface area contributed by atoms with Gasteiger partial charge in [-0.25, -0.2) is 4.79 Å². The van der Waals surface area contributed by atoms with Crippen molar-refractivity contribution in [2.24, 2.45) is 0 Å². The fourth-order valence-corrected chi connectivity index (χ4v) is 3.16. The van der Waals surface area contributed by atoms with E-state index in [1.54, 1.807) is 0 Å². The standard InChI is InChI=1S/C19H23N3O6/c1-21(12-5-3-2-4-6-12)8-7-14(24)13-10-22(19(27)20-18(13)26)17-9-15(25)16(11-23)28-17/h2-6,10,15-17,23,25H,7-9,11H2,1H3,(H,20,26,27)/t15-,16+,17+/m0/s1. The molecule has 0 unspecified atom stereocenters. The molecule has 0 amide bonds. The lowest BCUT2D eigenvalue weighted by atomic mass is 10.1. The van der Waals surface area contributed by atoms with Gasteiger partial charge in [-0.1, -0.05) is 18.2 Å². The lowest BCUT2D eigenvalue weighted by Gasteiger charge is -2.19. The van der Waals surface area contributed by atoms with E-state index in [0.29, 0.717) is 6.54 Å². The van der Waals surface area contributed by atoms with Gasteiger partial charge in [-0.15, -0.1) is 0 Å². The van der Waals surface area contributed by atoms with Crippen LogP contribution >= 0.6 is 0 Å². The van der Waals surface area contributed by atoms with Crippen molar-refractivity contribution in [3.05, 3.63) is 62.9 Å². The number of carbonyl (C=O) groups excluding carboxylic acids is 1. The molecule has 0 saturated carbocycles. The van der Waals surface area contributed by atoms with Gasteiger partial charge < -0.3 is 19.8 Å². The number of aromatic amines is 1. The van der Waals surface area contributed by atoms with E-state index in [9.17, 15) is 24.6 Å². The number of aromatic nitrogens is 2. The molecule has 0 spiro atoms. The molecular formula is C19H23N3O6. The van der Waals surface area contributed by atoms with Gasteiger partial charge in [0.05, 0.1) is 18.3 Å². The maximum Gasteiger partial charge on any atom is 0.330 e. The van der Waals surface area contributed by atoms with Gasteiger partial charge in [-0.2, -0.15) is 0 Å². The van der Waals surface area contributed by atoms with Crippen molar-refractivity contribution in [1.82, 2.24) is 9.55 Å². The van der Waals surface area contributed by atoms with Crippen LogP contribution in [0, 0.1) is 0 Å². The third-order valence-corrected chi connectivity index (χ3v) is 4.83. The number of carbonyl (C=O) groups is 1. The van der Waals surface area contributed by atoms with E-state index in [4.69, 9.17) is 4.74 Å². The van der Waals surface area contributed by atoms with Crippen LogP contribution in [0.15, 0.2) is 46.1 Å². The number of rotatable bonds is 7. The summed E-state index contributed by atoms with van der Waals surface area (Å²) in [6.45, 7) is 0.0000210. The highest BCUT2D eigenvalue weighted by Gasteiger charge is 2.35. The molecule has 150 valence electrons. The number of para-hydroxylation sites is 1. The molecule has 28 heavy (non-hydrogen) atoms. The number of nitrogens with one attached hydrogen (secondary N) is 1. The molecule has 1 fully saturated rings. The van der Waals surface area contributed by atoms with Crippen molar-refractivity contribution in [2.45, 2.75) is 31.3 Å². The summed E-state index contributed by atoms with van der Waals surface area (Å²) >= 11 is 0. The number of ketones is 1. The minimum atomic E-state index is -0.937. The zero-order valence-electron chi connectivity index (χ0n) is 15.4. The first-order valence-electron chi connectivity index (χ1n) is 9.00. The normalized spacial score (nSPS) is 21.6.